The first-order chi connectivity index (χ1) is 9.64. The third kappa shape index (κ3) is 2.28. The molecule has 110 valence electrons. The smallest absolute Gasteiger partial charge is 0.217 e. The van der Waals surface area contributed by atoms with Gasteiger partial charge in [0.15, 0.2) is 0 Å². The van der Waals surface area contributed by atoms with Crippen LogP contribution in [0, 0.1) is 0 Å². The van der Waals surface area contributed by atoms with Crippen molar-refractivity contribution in [3.63, 3.8) is 0 Å². The molecule has 2 aliphatic rings. The highest BCUT2D eigenvalue weighted by Gasteiger charge is 2.40. The lowest BCUT2D eigenvalue weighted by molar-refractivity contribution is 0.309. The SMILES string of the molecule is NCC1c2ccccc2CCN1S(=O)(=O)C1CCCC1. The largest absolute Gasteiger partial charge is 0.329 e. The van der Waals surface area contributed by atoms with Crippen molar-refractivity contribution in [2.75, 3.05) is 13.1 Å². The Hall–Kier alpha value is -0.910. The summed E-state index contributed by atoms with van der Waals surface area (Å²) in [4.78, 5) is 0. The zero-order chi connectivity index (χ0) is 14.2. The van der Waals surface area contributed by atoms with Crippen molar-refractivity contribution in [1.29, 1.82) is 0 Å². The monoisotopic (exact) mass is 294 g/mol. The molecule has 0 bridgehead atoms. The zero-order valence-electron chi connectivity index (χ0n) is 11.7. The molecule has 3 rings (SSSR count). The van der Waals surface area contributed by atoms with Crippen LogP contribution in [0.5, 0.6) is 0 Å². The topological polar surface area (TPSA) is 63.4 Å². The van der Waals surface area contributed by atoms with Gasteiger partial charge in [-0.3, -0.25) is 0 Å². The summed E-state index contributed by atoms with van der Waals surface area (Å²) >= 11 is 0. The maximum atomic E-state index is 12.8. The number of nitrogens with zero attached hydrogens (tertiary/aromatic N) is 1. The molecular formula is C15H22N2O2S. The molecule has 1 aromatic rings. The summed E-state index contributed by atoms with van der Waals surface area (Å²) in [5.74, 6) is 0. The first kappa shape index (κ1) is 14.0. The number of nitrogens with two attached hydrogens (primary N) is 1. The molecule has 0 aromatic heterocycles. The molecule has 20 heavy (non-hydrogen) atoms. The highest BCUT2D eigenvalue weighted by Crippen LogP contribution is 2.35. The molecule has 1 fully saturated rings. The van der Waals surface area contributed by atoms with E-state index in [4.69, 9.17) is 5.73 Å². The highest BCUT2D eigenvalue weighted by molar-refractivity contribution is 7.89. The van der Waals surface area contributed by atoms with Crippen molar-refractivity contribution in [1.82, 2.24) is 4.31 Å². The van der Waals surface area contributed by atoms with Crippen molar-refractivity contribution < 1.29 is 8.42 Å². The maximum Gasteiger partial charge on any atom is 0.217 e. The molecule has 1 saturated carbocycles. The first-order valence-corrected chi connectivity index (χ1v) is 8.93. The molecule has 1 aromatic carbocycles. The third-order valence-corrected chi connectivity index (χ3v) is 7.04. The Kier molecular flexibility index (Phi) is 3.84. The van der Waals surface area contributed by atoms with Gasteiger partial charge in [-0.25, -0.2) is 8.42 Å². The van der Waals surface area contributed by atoms with E-state index in [2.05, 4.69) is 6.07 Å². The van der Waals surface area contributed by atoms with E-state index in [0.29, 0.717) is 13.1 Å². The normalized spacial score (nSPS) is 24.8. The van der Waals surface area contributed by atoms with E-state index in [1.54, 1.807) is 4.31 Å². The summed E-state index contributed by atoms with van der Waals surface area (Å²) in [7, 11) is -3.21. The van der Waals surface area contributed by atoms with E-state index in [-0.39, 0.29) is 11.3 Å². The van der Waals surface area contributed by atoms with Crippen LogP contribution in [0.25, 0.3) is 0 Å². The lowest BCUT2D eigenvalue weighted by Gasteiger charge is -2.37. The van der Waals surface area contributed by atoms with E-state index < -0.39 is 10.0 Å². The first-order valence-electron chi connectivity index (χ1n) is 7.43. The summed E-state index contributed by atoms with van der Waals surface area (Å²) in [5, 5.41) is -0.193. The van der Waals surface area contributed by atoms with Gasteiger partial charge in [-0.05, 0) is 30.4 Å². The van der Waals surface area contributed by atoms with Crippen LogP contribution in [0.3, 0.4) is 0 Å². The average Bonchev–Trinajstić information content (AvgIpc) is 3.00. The second kappa shape index (κ2) is 5.47. The van der Waals surface area contributed by atoms with Gasteiger partial charge in [0.05, 0.1) is 11.3 Å². The van der Waals surface area contributed by atoms with Crippen LogP contribution in [-0.4, -0.2) is 31.1 Å². The third-order valence-electron chi connectivity index (χ3n) is 4.64. The Morgan fingerprint density at radius 2 is 1.90 bits per heavy atom. The average molecular weight is 294 g/mol. The summed E-state index contributed by atoms with van der Waals surface area (Å²) in [6.45, 7) is 0.917. The molecule has 1 heterocycles. The van der Waals surface area contributed by atoms with E-state index in [1.807, 2.05) is 18.2 Å². The van der Waals surface area contributed by atoms with Crippen LogP contribution >= 0.6 is 0 Å². The molecule has 1 aliphatic heterocycles. The predicted molar refractivity (Wildman–Crippen MR) is 79.8 cm³/mol. The van der Waals surface area contributed by atoms with Gasteiger partial charge in [-0.15, -0.1) is 0 Å². The number of benzene rings is 1. The minimum Gasteiger partial charge on any atom is -0.329 e. The van der Waals surface area contributed by atoms with Crippen LogP contribution in [0.1, 0.15) is 42.9 Å². The standard InChI is InChI=1S/C15H22N2O2S/c16-11-15-14-8-4-1-5-12(14)9-10-17(15)20(18,19)13-6-2-3-7-13/h1,4-5,8,13,15H,2-3,6-7,9-11,16H2. The van der Waals surface area contributed by atoms with Crippen molar-refractivity contribution in [2.24, 2.45) is 5.73 Å². The fourth-order valence-corrected chi connectivity index (χ4v) is 5.77. The van der Waals surface area contributed by atoms with Gasteiger partial charge in [0, 0.05) is 13.1 Å². The molecule has 4 nitrogen and oxygen atoms in total. The van der Waals surface area contributed by atoms with Crippen LogP contribution in [0.4, 0.5) is 0 Å². The molecule has 1 atom stereocenters. The quantitative estimate of drug-likeness (QED) is 0.925. The van der Waals surface area contributed by atoms with Crippen molar-refractivity contribution in [2.45, 2.75) is 43.4 Å². The number of hydrogen-bond acceptors (Lipinski definition) is 3. The van der Waals surface area contributed by atoms with Gasteiger partial charge in [-0.2, -0.15) is 4.31 Å². The molecule has 1 unspecified atom stereocenters. The van der Waals surface area contributed by atoms with Gasteiger partial charge in [0.25, 0.3) is 0 Å². The molecule has 0 radical (unpaired) electrons. The van der Waals surface area contributed by atoms with Crippen LogP contribution < -0.4 is 5.73 Å². The summed E-state index contributed by atoms with van der Waals surface area (Å²) in [6.07, 6.45) is 4.46. The van der Waals surface area contributed by atoms with Crippen molar-refractivity contribution >= 4 is 10.0 Å². The molecule has 2 N–H and O–H groups in total. The summed E-state index contributed by atoms with van der Waals surface area (Å²) < 4.78 is 27.3. The molecular weight excluding hydrogens is 272 g/mol. The fourth-order valence-electron chi connectivity index (χ4n) is 3.56. The summed E-state index contributed by atoms with van der Waals surface area (Å²) in [5.41, 5.74) is 8.22. The number of rotatable bonds is 3. The Bertz CT molecular complexity index is 579. The van der Waals surface area contributed by atoms with Gasteiger partial charge >= 0.3 is 0 Å². The molecule has 0 spiro atoms. The molecule has 5 heteroatoms. The molecule has 1 aliphatic carbocycles. The second-order valence-corrected chi connectivity index (χ2v) is 7.93. The Morgan fingerprint density at radius 3 is 2.60 bits per heavy atom. The number of sulfonamides is 1. The zero-order valence-corrected chi connectivity index (χ0v) is 12.5. The Morgan fingerprint density at radius 1 is 1.20 bits per heavy atom. The summed E-state index contributed by atoms with van der Waals surface area (Å²) in [6, 6.07) is 7.88. The lowest BCUT2D eigenvalue weighted by Crippen LogP contribution is -2.46. The highest BCUT2D eigenvalue weighted by atomic mass is 32.2. The van der Waals surface area contributed by atoms with Crippen molar-refractivity contribution in [3.05, 3.63) is 35.4 Å². The molecule has 0 saturated heterocycles. The maximum absolute atomic E-state index is 12.8. The van der Waals surface area contributed by atoms with E-state index in [1.165, 1.54) is 5.56 Å². The molecule has 0 amide bonds. The van der Waals surface area contributed by atoms with Crippen LogP contribution in [0.15, 0.2) is 24.3 Å². The van der Waals surface area contributed by atoms with Gasteiger partial charge < -0.3 is 5.73 Å². The minimum atomic E-state index is -3.21. The second-order valence-electron chi connectivity index (χ2n) is 5.76. The van der Waals surface area contributed by atoms with Crippen LogP contribution in [0.2, 0.25) is 0 Å². The fraction of sp³-hybridized carbons (Fsp3) is 0.600. The van der Waals surface area contributed by atoms with Crippen molar-refractivity contribution in [3.8, 4) is 0 Å². The van der Waals surface area contributed by atoms with E-state index in [9.17, 15) is 8.42 Å². The van der Waals surface area contributed by atoms with E-state index >= 15 is 0 Å². The number of hydrogen-bond donors (Lipinski definition) is 1. The minimum absolute atomic E-state index is 0.189. The lowest BCUT2D eigenvalue weighted by atomic mass is 9.94. The van der Waals surface area contributed by atoms with Crippen LogP contribution in [-0.2, 0) is 16.4 Å². The van der Waals surface area contributed by atoms with Gasteiger partial charge in [-0.1, -0.05) is 37.1 Å². The van der Waals surface area contributed by atoms with Gasteiger partial charge in [0.1, 0.15) is 0 Å². The van der Waals surface area contributed by atoms with Gasteiger partial charge in [0.2, 0.25) is 10.0 Å². The predicted octanol–water partition coefficient (Wildman–Crippen LogP) is 1.82. The Balaban J connectivity index is 1.95. The Labute approximate surface area is 121 Å². The number of fused-ring (bicyclic) bond motifs is 1. The van der Waals surface area contributed by atoms with E-state index in [0.717, 1.165) is 37.7 Å².